The third-order valence-corrected chi connectivity index (χ3v) is 3.43. The summed E-state index contributed by atoms with van der Waals surface area (Å²) in [6, 6.07) is 7.75. The topological polar surface area (TPSA) is 71.1 Å². The molecule has 1 aliphatic rings. The van der Waals surface area contributed by atoms with E-state index in [2.05, 4.69) is 30.8 Å². The van der Waals surface area contributed by atoms with Crippen LogP contribution >= 0.6 is 0 Å². The Morgan fingerprint density at radius 1 is 1.50 bits per heavy atom. The number of hydrogen-bond acceptors (Lipinski definition) is 4. The second kappa shape index (κ2) is 5.81. The van der Waals surface area contributed by atoms with Crippen molar-refractivity contribution >= 4 is 5.84 Å². The highest BCUT2D eigenvalue weighted by Gasteiger charge is 2.31. The van der Waals surface area contributed by atoms with Crippen molar-refractivity contribution in [3.05, 3.63) is 35.4 Å². The summed E-state index contributed by atoms with van der Waals surface area (Å²) in [5, 5.41) is 12.0. The summed E-state index contributed by atoms with van der Waals surface area (Å²) in [5.74, 6) is 0.154. The minimum absolute atomic E-state index is 0.150. The van der Waals surface area contributed by atoms with E-state index in [0.717, 1.165) is 30.8 Å². The number of nitrogens with zero attached hydrogens (tertiary/aromatic N) is 2. The molecule has 0 bridgehead atoms. The number of oxime groups is 1. The molecule has 0 saturated carbocycles. The summed E-state index contributed by atoms with van der Waals surface area (Å²) in [4.78, 5) is 2.34. The number of morpholine rings is 1. The molecule has 5 nitrogen and oxygen atoms in total. The van der Waals surface area contributed by atoms with E-state index in [9.17, 15) is 0 Å². The maximum absolute atomic E-state index is 8.87. The van der Waals surface area contributed by atoms with Crippen LogP contribution in [0.1, 0.15) is 31.9 Å². The zero-order valence-corrected chi connectivity index (χ0v) is 12.3. The van der Waals surface area contributed by atoms with Crippen molar-refractivity contribution in [2.45, 2.75) is 39.0 Å². The standard InChI is InChI=1S/C15H23N3O2/c1-11-8-18(10-15(2,3)20-11)9-12-6-4-5-7-13(12)14(16)17-19/h4-7,11,19H,8-10H2,1-3H3,(H2,16,17). The van der Waals surface area contributed by atoms with Crippen LogP contribution in [0.5, 0.6) is 0 Å². The van der Waals surface area contributed by atoms with E-state index >= 15 is 0 Å². The first-order valence-corrected chi connectivity index (χ1v) is 6.87. The quantitative estimate of drug-likeness (QED) is 0.382. The minimum atomic E-state index is -0.150. The van der Waals surface area contributed by atoms with Gasteiger partial charge in [0.05, 0.1) is 11.7 Å². The van der Waals surface area contributed by atoms with Crippen molar-refractivity contribution < 1.29 is 9.94 Å². The van der Waals surface area contributed by atoms with Gasteiger partial charge in [-0.25, -0.2) is 0 Å². The highest BCUT2D eigenvalue weighted by molar-refractivity contribution is 5.98. The van der Waals surface area contributed by atoms with Crippen LogP contribution in [-0.2, 0) is 11.3 Å². The number of benzene rings is 1. The van der Waals surface area contributed by atoms with Crippen LogP contribution < -0.4 is 5.73 Å². The van der Waals surface area contributed by atoms with Crippen LogP contribution in [0.25, 0.3) is 0 Å². The molecule has 0 spiro atoms. The molecule has 0 aliphatic carbocycles. The molecule has 1 aromatic rings. The predicted molar refractivity (Wildman–Crippen MR) is 78.9 cm³/mol. The van der Waals surface area contributed by atoms with Gasteiger partial charge in [0.25, 0.3) is 0 Å². The summed E-state index contributed by atoms with van der Waals surface area (Å²) < 4.78 is 5.91. The minimum Gasteiger partial charge on any atom is -0.409 e. The average molecular weight is 277 g/mol. The number of amidine groups is 1. The van der Waals surface area contributed by atoms with Gasteiger partial charge in [0.2, 0.25) is 0 Å². The van der Waals surface area contributed by atoms with Crippen LogP contribution in [-0.4, -0.2) is 40.7 Å². The molecular formula is C15H23N3O2. The Morgan fingerprint density at radius 3 is 2.85 bits per heavy atom. The molecule has 3 N–H and O–H groups in total. The van der Waals surface area contributed by atoms with Gasteiger partial charge in [-0.1, -0.05) is 29.4 Å². The third-order valence-electron chi connectivity index (χ3n) is 3.43. The molecule has 2 rings (SSSR count). The number of ether oxygens (including phenoxy) is 1. The van der Waals surface area contributed by atoms with E-state index in [0.29, 0.717) is 0 Å². The van der Waals surface area contributed by atoms with E-state index < -0.39 is 0 Å². The van der Waals surface area contributed by atoms with Crippen LogP contribution in [0.2, 0.25) is 0 Å². The molecule has 1 unspecified atom stereocenters. The molecule has 1 heterocycles. The summed E-state index contributed by atoms with van der Waals surface area (Å²) in [7, 11) is 0. The third kappa shape index (κ3) is 3.49. The van der Waals surface area contributed by atoms with Crippen LogP contribution in [0.15, 0.2) is 29.4 Å². The SMILES string of the molecule is CC1CN(Cc2ccccc2C(N)=NO)CC(C)(C)O1. The Bertz CT molecular complexity index is 500. The summed E-state index contributed by atoms with van der Waals surface area (Å²) in [6.45, 7) is 8.80. The summed E-state index contributed by atoms with van der Waals surface area (Å²) in [6.07, 6.45) is 0.203. The Kier molecular flexibility index (Phi) is 4.30. The van der Waals surface area contributed by atoms with Crippen LogP contribution in [0, 0.1) is 0 Å². The van der Waals surface area contributed by atoms with Gasteiger partial charge < -0.3 is 15.7 Å². The lowest BCUT2D eigenvalue weighted by Crippen LogP contribution is -2.51. The van der Waals surface area contributed by atoms with Gasteiger partial charge in [0.1, 0.15) is 0 Å². The van der Waals surface area contributed by atoms with Crippen molar-refractivity contribution in [2.24, 2.45) is 10.9 Å². The van der Waals surface area contributed by atoms with Crippen molar-refractivity contribution in [1.82, 2.24) is 4.90 Å². The summed E-state index contributed by atoms with van der Waals surface area (Å²) >= 11 is 0. The van der Waals surface area contributed by atoms with Gasteiger partial charge in [-0.2, -0.15) is 0 Å². The second-order valence-corrected chi connectivity index (χ2v) is 6.00. The van der Waals surface area contributed by atoms with E-state index in [4.69, 9.17) is 15.7 Å². The lowest BCUT2D eigenvalue weighted by Gasteiger charge is -2.42. The molecule has 5 heteroatoms. The average Bonchev–Trinajstić information content (AvgIpc) is 2.36. The maximum Gasteiger partial charge on any atom is 0.170 e. The van der Waals surface area contributed by atoms with Gasteiger partial charge in [0, 0.05) is 25.2 Å². The molecule has 1 aliphatic heterocycles. The Hall–Kier alpha value is -1.59. The Labute approximate surface area is 120 Å². The lowest BCUT2D eigenvalue weighted by molar-refractivity contribution is -0.130. The van der Waals surface area contributed by atoms with Gasteiger partial charge in [0.15, 0.2) is 5.84 Å². The first-order chi connectivity index (χ1) is 9.41. The van der Waals surface area contributed by atoms with Gasteiger partial charge in [-0.3, -0.25) is 4.90 Å². The molecule has 0 aromatic heterocycles. The smallest absolute Gasteiger partial charge is 0.170 e. The fourth-order valence-corrected chi connectivity index (χ4v) is 2.91. The molecule has 0 amide bonds. The van der Waals surface area contributed by atoms with Gasteiger partial charge in [-0.15, -0.1) is 0 Å². The number of hydrogen-bond donors (Lipinski definition) is 2. The monoisotopic (exact) mass is 277 g/mol. The zero-order valence-electron chi connectivity index (χ0n) is 12.3. The highest BCUT2D eigenvalue weighted by atomic mass is 16.5. The fourth-order valence-electron chi connectivity index (χ4n) is 2.91. The molecule has 1 aromatic carbocycles. The van der Waals surface area contributed by atoms with Crippen LogP contribution in [0.3, 0.4) is 0 Å². The molecule has 20 heavy (non-hydrogen) atoms. The molecular weight excluding hydrogens is 254 g/mol. The normalized spacial score (nSPS) is 23.8. The lowest BCUT2D eigenvalue weighted by atomic mass is 10.0. The van der Waals surface area contributed by atoms with E-state index in [1.165, 1.54) is 0 Å². The zero-order chi connectivity index (χ0) is 14.8. The Morgan fingerprint density at radius 2 is 2.20 bits per heavy atom. The van der Waals surface area contributed by atoms with Gasteiger partial charge >= 0.3 is 0 Å². The van der Waals surface area contributed by atoms with E-state index in [1.807, 2.05) is 24.3 Å². The largest absolute Gasteiger partial charge is 0.409 e. The first kappa shape index (κ1) is 14.8. The maximum atomic E-state index is 8.87. The van der Waals surface area contributed by atoms with Crippen molar-refractivity contribution in [2.75, 3.05) is 13.1 Å². The number of rotatable bonds is 3. The molecule has 1 saturated heterocycles. The second-order valence-electron chi connectivity index (χ2n) is 6.00. The summed E-state index contributed by atoms with van der Waals surface area (Å²) in [5.41, 5.74) is 7.43. The predicted octanol–water partition coefficient (Wildman–Crippen LogP) is 1.78. The van der Waals surface area contributed by atoms with Crippen molar-refractivity contribution in [1.29, 1.82) is 0 Å². The van der Waals surface area contributed by atoms with Crippen molar-refractivity contribution in [3.8, 4) is 0 Å². The molecule has 110 valence electrons. The molecule has 1 fully saturated rings. The van der Waals surface area contributed by atoms with E-state index in [-0.39, 0.29) is 17.5 Å². The highest BCUT2D eigenvalue weighted by Crippen LogP contribution is 2.23. The molecule has 0 radical (unpaired) electrons. The van der Waals surface area contributed by atoms with Crippen molar-refractivity contribution in [3.63, 3.8) is 0 Å². The van der Waals surface area contributed by atoms with Crippen LogP contribution in [0.4, 0.5) is 0 Å². The first-order valence-electron chi connectivity index (χ1n) is 6.87. The molecule has 1 atom stereocenters. The Balaban J connectivity index is 2.18. The van der Waals surface area contributed by atoms with Gasteiger partial charge in [-0.05, 0) is 26.3 Å². The number of nitrogens with two attached hydrogens (primary N) is 1. The van der Waals surface area contributed by atoms with E-state index in [1.54, 1.807) is 0 Å². The fraction of sp³-hybridized carbons (Fsp3) is 0.533.